The molecule has 0 radical (unpaired) electrons. The minimum atomic E-state index is -3.97. The maximum Gasteiger partial charge on any atom is 0.385 e. The summed E-state index contributed by atoms with van der Waals surface area (Å²) in [7, 11) is 0. The normalized spacial score (nSPS) is 11.3. The Labute approximate surface area is 72.3 Å². The highest BCUT2D eigenvalue weighted by atomic mass is 19.3. The fourth-order valence-corrected chi connectivity index (χ4v) is 0.664. The molecule has 0 aliphatic heterocycles. The van der Waals surface area contributed by atoms with Crippen LogP contribution in [-0.4, -0.2) is 21.0 Å². The highest BCUT2D eigenvalue weighted by molar-refractivity contribution is 5.76. The van der Waals surface area contributed by atoms with Crippen molar-refractivity contribution >= 4 is 5.97 Å². The second kappa shape index (κ2) is 3.04. The zero-order valence-corrected chi connectivity index (χ0v) is 6.66. The number of carboxylic acid groups (broad SMARTS) is 1. The Kier molecular flexibility index (Phi) is 2.22. The molecule has 1 N–H and O–H groups in total. The third-order valence-electron chi connectivity index (χ3n) is 1.37. The Hall–Kier alpha value is -1.59. The van der Waals surface area contributed by atoms with Gasteiger partial charge in [-0.1, -0.05) is 0 Å². The van der Waals surface area contributed by atoms with E-state index < -0.39 is 17.6 Å². The van der Waals surface area contributed by atoms with E-state index in [-0.39, 0.29) is 0 Å². The van der Waals surface area contributed by atoms with E-state index in [4.69, 9.17) is 5.11 Å². The summed E-state index contributed by atoms with van der Waals surface area (Å²) in [4.78, 5) is 16.9. The minimum absolute atomic E-state index is 0.449. The summed E-state index contributed by atoms with van der Waals surface area (Å²) >= 11 is 0. The average Bonchev–Trinajstić information content (AvgIpc) is 2.04. The minimum Gasteiger partial charge on any atom is -0.476 e. The van der Waals surface area contributed by atoms with Crippen LogP contribution in [0, 0.1) is 6.92 Å². The molecular weight excluding hydrogens is 182 g/mol. The molecule has 13 heavy (non-hydrogen) atoms. The number of carbonyl (C=O) groups is 1. The van der Waals surface area contributed by atoms with Crippen LogP contribution in [-0.2, 0) is 10.7 Å². The van der Waals surface area contributed by atoms with Gasteiger partial charge in [-0.2, -0.15) is 8.78 Å². The predicted octanol–water partition coefficient (Wildman–Crippen LogP) is 0.961. The molecular formula is C7H6F2N2O2. The molecule has 0 fully saturated rings. The van der Waals surface area contributed by atoms with Gasteiger partial charge in [0.15, 0.2) is 0 Å². The summed E-state index contributed by atoms with van der Waals surface area (Å²) in [5.41, 5.74) is -0.407. The molecule has 1 aromatic rings. The second-order valence-corrected chi connectivity index (χ2v) is 2.42. The van der Waals surface area contributed by atoms with Crippen LogP contribution in [0.25, 0.3) is 0 Å². The van der Waals surface area contributed by atoms with Crippen molar-refractivity contribution in [1.29, 1.82) is 0 Å². The van der Waals surface area contributed by atoms with Gasteiger partial charge in [-0.25, -0.2) is 4.79 Å². The molecule has 6 heteroatoms. The molecule has 0 bridgehead atoms. The van der Waals surface area contributed by atoms with Crippen molar-refractivity contribution in [1.82, 2.24) is 9.97 Å². The van der Waals surface area contributed by atoms with Crippen molar-refractivity contribution in [3.8, 4) is 0 Å². The maximum atomic E-state index is 12.7. The van der Waals surface area contributed by atoms with E-state index >= 15 is 0 Å². The number of hydrogen-bond donors (Lipinski definition) is 1. The standard InChI is InChI=1S/C7H6F2N2O2/c1-4-2-11-5(3-10-4)7(8,9)6(12)13/h2-3H,1H3,(H,12,13). The smallest absolute Gasteiger partial charge is 0.385 e. The Morgan fingerprint density at radius 2 is 2.08 bits per heavy atom. The molecule has 0 atom stereocenters. The maximum absolute atomic E-state index is 12.7. The monoisotopic (exact) mass is 188 g/mol. The zero-order valence-electron chi connectivity index (χ0n) is 6.66. The number of aromatic nitrogens is 2. The number of carboxylic acids is 1. The molecule has 0 aliphatic rings. The van der Waals surface area contributed by atoms with Gasteiger partial charge in [-0.15, -0.1) is 0 Å². The molecule has 0 saturated carbocycles. The lowest BCUT2D eigenvalue weighted by Gasteiger charge is -2.08. The first kappa shape index (κ1) is 9.50. The van der Waals surface area contributed by atoms with Crippen LogP contribution in [0.4, 0.5) is 8.78 Å². The lowest BCUT2D eigenvalue weighted by atomic mass is 10.2. The summed E-state index contributed by atoms with van der Waals surface area (Å²) in [6.07, 6.45) is 1.84. The van der Waals surface area contributed by atoms with Gasteiger partial charge < -0.3 is 5.11 Å². The van der Waals surface area contributed by atoms with Crippen LogP contribution in [0.2, 0.25) is 0 Å². The first-order valence-electron chi connectivity index (χ1n) is 3.35. The van der Waals surface area contributed by atoms with Gasteiger partial charge in [0.1, 0.15) is 5.69 Å². The molecule has 0 aliphatic carbocycles. The van der Waals surface area contributed by atoms with Crippen molar-refractivity contribution in [2.75, 3.05) is 0 Å². The first-order chi connectivity index (χ1) is 5.94. The number of nitrogens with zero attached hydrogens (tertiary/aromatic N) is 2. The fourth-order valence-electron chi connectivity index (χ4n) is 0.664. The number of alkyl halides is 2. The molecule has 0 aromatic carbocycles. The first-order valence-corrected chi connectivity index (χ1v) is 3.35. The van der Waals surface area contributed by atoms with Crippen LogP contribution in [0.15, 0.2) is 12.4 Å². The van der Waals surface area contributed by atoms with E-state index in [1.165, 1.54) is 0 Å². The molecule has 0 unspecified atom stereocenters. The van der Waals surface area contributed by atoms with Crippen molar-refractivity contribution in [3.63, 3.8) is 0 Å². The third kappa shape index (κ3) is 1.77. The highest BCUT2D eigenvalue weighted by Crippen LogP contribution is 2.25. The van der Waals surface area contributed by atoms with Gasteiger partial charge in [-0.05, 0) is 6.92 Å². The van der Waals surface area contributed by atoms with Gasteiger partial charge in [-0.3, -0.25) is 9.97 Å². The van der Waals surface area contributed by atoms with Crippen molar-refractivity contribution in [3.05, 3.63) is 23.8 Å². The van der Waals surface area contributed by atoms with E-state index in [0.29, 0.717) is 5.69 Å². The number of halogens is 2. The van der Waals surface area contributed by atoms with Gasteiger partial charge in [0.05, 0.1) is 11.9 Å². The van der Waals surface area contributed by atoms with Gasteiger partial charge in [0, 0.05) is 6.20 Å². The largest absolute Gasteiger partial charge is 0.476 e. The van der Waals surface area contributed by atoms with Gasteiger partial charge in [0.25, 0.3) is 0 Å². The zero-order chi connectivity index (χ0) is 10.1. The van der Waals surface area contributed by atoms with E-state index in [0.717, 1.165) is 12.4 Å². The second-order valence-electron chi connectivity index (χ2n) is 2.42. The summed E-state index contributed by atoms with van der Waals surface area (Å²) in [5, 5.41) is 8.15. The van der Waals surface area contributed by atoms with Crippen LogP contribution >= 0.6 is 0 Å². The molecule has 0 saturated heterocycles. The molecule has 0 amide bonds. The third-order valence-corrected chi connectivity index (χ3v) is 1.37. The number of aryl methyl sites for hydroxylation is 1. The van der Waals surface area contributed by atoms with E-state index in [1.807, 2.05) is 0 Å². The molecule has 0 spiro atoms. The Balaban J connectivity index is 3.08. The average molecular weight is 188 g/mol. The molecule has 4 nitrogen and oxygen atoms in total. The quantitative estimate of drug-likeness (QED) is 0.750. The van der Waals surface area contributed by atoms with Crippen LogP contribution < -0.4 is 0 Å². The summed E-state index contributed by atoms with van der Waals surface area (Å²) in [6.45, 7) is 1.57. The van der Waals surface area contributed by atoms with Crippen molar-refractivity contribution in [2.24, 2.45) is 0 Å². The Bertz CT molecular complexity index is 324. The lowest BCUT2D eigenvalue weighted by molar-refractivity contribution is -0.167. The number of hydrogen-bond acceptors (Lipinski definition) is 3. The molecule has 1 heterocycles. The van der Waals surface area contributed by atoms with E-state index in [2.05, 4.69) is 9.97 Å². The van der Waals surface area contributed by atoms with E-state index in [9.17, 15) is 13.6 Å². The van der Waals surface area contributed by atoms with E-state index in [1.54, 1.807) is 6.92 Å². The topological polar surface area (TPSA) is 63.1 Å². The summed E-state index contributed by atoms with van der Waals surface area (Å²) in [6, 6.07) is 0. The number of rotatable bonds is 2. The highest BCUT2D eigenvalue weighted by Gasteiger charge is 2.42. The van der Waals surface area contributed by atoms with Crippen LogP contribution in [0.5, 0.6) is 0 Å². The van der Waals surface area contributed by atoms with Crippen molar-refractivity contribution in [2.45, 2.75) is 12.8 Å². The van der Waals surface area contributed by atoms with Crippen LogP contribution in [0.1, 0.15) is 11.4 Å². The van der Waals surface area contributed by atoms with Crippen molar-refractivity contribution < 1.29 is 18.7 Å². The predicted molar refractivity (Wildman–Crippen MR) is 38.3 cm³/mol. The Morgan fingerprint density at radius 1 is 1.46 bits per heavy atom. The Morgan fingerprint density at radius 3 is 2.46 bits per heavy atom. The lowest BCUT2D eigenvalue weighted by Crippen LogP contribution is -2.26. The van der Waals surface area contributed by atoms with Gasteiger partial charge in [0.2, 0.25) is 0 Å². The SMILES string of the molecule is Cc1cnc(C(F)(F)C(=O)O)cn1. The van der Waals surface area contributed by atoms with Crippen LogP contribution in [0.3, 0.4) is 0 Å². The number of aliphatic carboxylic acids is 1. The molecule has 1 aromatic heterocycles. The molecule has 1 rings (SSSR count). The summed E-state index contributed by atoms with van der Waals surface area (Å²) in [5.74, 6) is -6.20. The molecule has 70 valence electrons. The van der Waals surface area contributed by atoms with Gasteiger partial charge >= 0.3 is 11.9 Å². The fraction of sp³-hybridized carbons (Fsp3) is 0.286. The summed E-state index contributed by atoms with van der Waals surface area (Å²) < 4.78 is 25.4.